The molecule has 134 valence electrons. The van der Waals surface area contributed by atoms with E-state index < -0.39 is 0 Å². The van der Waals surface area contributed by atoms with Gasteiger partial charge in [0.15, 0.2) is 5.76 Å². The van der Waals surface area contributed by atoms with Gasteiger partial charge in [0.1, 0.15) is 0 Å². The molecule has 2 aromatic rings. The molecule has 2 aromatic heterocycles. The van der Waals surface area contributed by atoms with E-state index in [0.717, 1.165) is 45.6 Å². The Bertz CT molecular complexity index is 691. The zero-order valence-corrected chi connectivity index (χ0v) is 14.3. The number of nitrogens with one attached hydrogen (secondary N) is 1. The Morgan fingerprint density at radius 3 is 3.00 bits per heavy atom. The van der Waals surface area contributed by atoms with Gasteiger partial charge in [-0.25, -0.2) is 0 Å². The van der Waals surface area contributed by atoms with Crippen molar-refractivity contribution < 1.29 is 13.9 Å². The average molecular weight is 344 g/mol. The van der Waals surface area contributed by atoms with Crippen LogP contribution in [-0.2, 0) is 11.3 Å². The highest BCUT2D eigenvalue weighted by Gasteiger charge is 2.30. The Kier molecular flexibility index (Phi) is 4.85. The normalized spacial score (nSPS) is 21.8. The summed E-state index contributed by atoms with van der Waals surface area (Å²) >= 11 is 0. The first-order valence-electron chi connectivity index (χ1n) is 8.97. The zero-order chi connectivity index (χ0) is 17.1. The quantitative estimate of drug-likeness (QED) is 0.896. The molecule has 0 aromatic carbocycles. The highest BCUT2D eigenvalue weighted by Crippen LogP contribution is 2.27. The average Bonchev–Trinajstić information content (AvgIpc) is 3.34. The summed E-state index contributed by atoms with van der Waals surface area (Å²) in [6.07, 6.45) is 6.42. The molecule has 2 aliphatic heterocycles. The van der Waals surface area contributed by atoms with E-state index >= 15 is 0 Å². The van der Waals surface area contributed by atoms with Gasteiger partial charge >= 0.3 is 0 Å². The molecule has 0 spiro atoms. The van der Waals surface area contributed by atoms with Crippen molar-refractivity contribution in [1.29, 1.82) is 0 Å². The van der Waals surface area contributed by atoms with Crippen LogP contribution in [0.2, 0.25) is 0 Å². The number of rotatable bonds is 5. The second-order valence-electron chi connectivity index (χ2n) is 6.72. The number of carbonyl (C=O) groups excluding carboxylic acids is 1. The third-order valence-electron chi connectivity index (χ3n) is 5.12. The van der Waals surface area contributed by atoms with Gasteiger partial charge in [-0.05, 0) is 37.5 Å². The van der Waals surface area contributed by atoms with Crippen molar-refractivity contribution >= 4 is 5.91 Å². The molecule has 4 rings (SSSR count). The molecule has 1 fully saturated rings. The van der Waals surface area contributed by atoms with Crippen LogP contribution in [0.1, 0.15) is 41.6 Å². The van der Waals surface area contributed by atoms with Crippen LogP contribution in [0.5, 0.6) is 0 Å². The largest absolute Gasteiger partial charge is 0.459 e. The minimum Gasteiger partial charge on any atom is -0.459 e. The Morgan fingerprint density at radius 2 is 2.20 bits per heavy atom. The smallest absolute Gasteiger partial charge is 0.286 e. The molecular weight excluding hydrogens is 320 g/mol. The van der Waals surface area contributed by atoms with E-state index in [1.54, 1.807) is 12.1 Å². The zero-order valence-electron chi connectivity index (χ0n) is 14.3. The van der Waals surface area contributed by atoms with E-state index in [2.05, 4.69) is 26.1 Å². The van der Waals surface area contributed by atoms with Crippen LogP contribution in [0.4, 0.5) is 0 Å². The van der Waals surface area contributed by atoms with Crippen LogP contribution in [0.3, 0.4) is 0 Å². The number of furan rings is 1. The summed E-state index contributed by atoms with van der Waals surface area (Å²) in [5, 5.41) is 7.44. The first kappa shape index (κ1) is 16.4. The lowest BCUT2D eigenvalue weighted by Gasteiger charge is -2.40. The van der Waals surface area contributed by atoms with Crippen molar-refractivity contribution in [3.63, 3.8) is 0 Å². The molecule has 0 aliphatic carbocycles. The monoisotopic (exact) mass is 344 g/mol. The van der Waals surface area contributed by atoms with Crippen molar-refractivity contribution in [2.45, 2.75) is 37.9 Å². The maximum atomic E-state index is 12.0. The van der Waals surface area contributed by atoms with E-state index in [4.69, 9.17) is 9.15 Å². The SMILES string of the molecule is O=C(NCC[C@@H]1CN(C2CCOCC2)Cc2ccnn21)c1ccco1. The number of hydrogen-bond donors (Lipinski definition) is 1. The predicted molar refractivity (Wildman–Crippen MR) is 91.2 cm³/mol. The number of carbonyl (C=O) groups is 1. The van der Waals surface area contributed by atoms with Gasteiger partial charge in [0.25, 0.3) is 5.91 Å². The summed E-state index contributed by atoms with van der Waals surface area (Å²) in [5.74, 6) is 0.190. The maximum absolute atomic E-state index is 12.0. The van der Waals surface area contributed by atoms with Gasteiger partial charge in [0.05, 0.1) is 18.0 Å². The highest BCUT2D eigenvalue weighted by atomic mass is 16.5. The number of aromatic nitrogens is 2. The standard InChI is InChI=1S/C18H24N4O3/c23-18(17-2-1-9-25-17)19-7-3-15-12-21(14-5-10-24-11-6-14)13-16-4-8-20-22(15)16/h1-2,4,8-9,14-15H,3,5-7,10-13H2,(H,19,23)/t15-/m1/s1. The molecule has 7 heteroatoms. The molecule has 0 unspecified atom stereocenters. The topological polar surface area (TPSA) is 72.5 Å². The molecular formula is C18H24N4O3. The second-order valence-corrected chi connectivity index (χ2v) is 6.72. The van der Waals surface area contributed by atoms with Gasteiger partial charge in [-0.1, -0.05) is 0 Å². The Balaban J connectivity index is 1.37. The lowest BCUT2D eigenvalue weighted by Crippen LogP contribution is -2.46. The van der Waals surface area contributed by atoms with Gasteiger partial charge in [0, 0.05) is 45.1 Å². The van der Waals surface area contributed by atoms with Gasteiger partial charge < -0.3 is 14.5 Å². The molecule has 25 heavy (non-hydrogen) atoms. The van der Waals surface area contributed by atoms with E-state index in [-0.39, 0.29) is 11.9 Å². The van der Waals surface area contributed by atoms with Crippen molar-refractivity contribution in [3.8, 4) is 0 Å². The third kappa shape index (κ3) is 3.62. The van der Waals surface area contributed by atoms with E-state index in [1.807, 2.05) is 6.20 Å². The summed E-state index contributed by atoms with van der Waals surface area (Å²) in [6, 6.07) is 6.35. The second kappa shape index (κ2) is 7.41. The Hall–Kier alpha value is -2.12. The van der Waals surface area contributed by atoms with E-state index in [9.17, 15) is 4.79 Å². The van der Waals surface area contributed by atoms with Crippen LogP contribution in [0.25, 0.3) is 0 Å². The first-order chi connectivity index (χ1) is 12.3. The maximum Gasteiger partial charge on any atom is 0.286 e. The fourth-order valence-corrected chi connectivity index (χ4v) is 3.81. The number of hydrogen-bond acceptors (Lipinski definition) is 5. The molecule has 1 saturated heterocycles. The number of amides is 1. The van der Waals surface area contributed by atoms with Gasteiger partial charge in [0.2, 0.25) is 0 Å². The summed E-state index contributed by atoms with van der Waals surface area (Å²) in [4.78, 5) is 14.6. The summed E-state index contributed by atoms with van der Waals surface area (Å²) in [7, 11) is 0. The predicted octanol–water partition coefficient (Wildman–Crippen LogP) is 1.83. The number of ether oxygens (including phenoxy) is 1. The van der Waals surface area contributed by atoms with Crippen molar-refractivity contribution in [2.24, 2.45) is 0 Å². The van der Waals surface area contributed by atoms with Crippen molar-refractivity contribution in [2.75, 3.05) is 26.3 Å². The lowest BCUT2D eigenvalue weighted by atomic mass is 10.0. The minimum atomic E-state index is -0.164. The first-order valence-corrected chi connectivity index (χ1v) is 8.97. The van der Waals surface area contributed by atoms with Crippen molar-refractivity contribution in [3.05, 3.63) is 42.1 Å². The molecule has 0 saturated carbocycles. The highest BCUT2D eigenvalue weighted by molar-refractivity contribution is 5.91. The molecule has 0 radical (unpaired) electrons. The molecule has 1 atom stereocenters. The summed E-state index contributed by atoms with van der Waals surface area (Å²) < 4.78 is 12.7. The summed E-state index contributed by atoms with van der Waals surface area (Å²) in [5.41, 5.74) is 1.25. The number of fused-ring (bicyclic) bond motifs is 1. The molecule has 1 amide bonds. The Morgan fingerprint density at radius 1 is 1.32 bits per heavy atom. The molecule has 2 aliphatic rings. The fourth-order valence-electron chi connectivity index (χ4n) is 3.81. The van der Waals surface area contributed by atoms with Crippen LogP contribution in [-0.4, -0.2) is 52.9 Å². The number of nitrogens with zero attached hydrogens (tertiary/aromatic N) is 3. The fraction of sp³-hybridized carbons (Fsp3) is 0.556. The summed E-state index contributed by atoms with van der Waals surface area (Å²) in [6.45, 7) is 4.22. The van der Waals surface area contributed by atoms with E-state index in [1.165, 1.54) is 12.0 Å². The third-order valence-corrected chi connectivity index (χ3v) is 5.12. The van der Waals surface area contributed by atoms with Gasteiger partial charge in [-0.3, -0.25) is 14.4 Å². The lowest BCUT2D eigenvalue weighted by molar-refractivity contribution is 0.0158. The van der Waals surface area contributed by atoms with Crippen LogP contribution < -0.4 is 5.32 Å². The van der Waals surface area contributed by atoms with Gasteiger partial charge in [-0.15, -0.1) is 0 Å². The molecule has 0 bridgehead atoms. The molecule has 7 nitrogen and oxygen atoms in total. The van der Waals surface area contributed by atoms with Crippen LogP contribution >= 0.6 is 0 Å². The van der Waals surface area contributed by atoms with E-state index in [0.29, 0.717) is 18.3 Å². The van der Waals surface area contributed by atoms with Crippen LogP contribution in [0.15, 0.2) is 35.1 Å². The minimum absolute atomic E-state index is 0.164. The molecule has 4 heterocycles. The van der Waals surface area contributed by atoms with Crippen LogP contribution in [0, 0.1) is 0 Å². The van der Waals surface area contributed by atoms with Gasteiger partial charge in [-0.2, -0.15) is 5.10 Å². The van der Waals surface area contributed by atoms with Crippen molar-refractivity contribution in [1.82, 2.24) is 20.0 Å². The Labute approximate surface area is 146 Å². The molecule has 1 N–H and O–H groups in total.